The number of nitrogens with zero attached hydrogens (tertiary/aromatic N) is 2. The molecule has 0 saturated heterocycles. The average molecular weight is 273 g/mol. The molecule has 0 N–H and O–H groups in total. The molecule has 1 aromatic rings. The summed E-state index contributed by atoms with van der Waals surface area (Å²) in [5.41, 5.74) is 0.844. The van der Waals surface area contributed by atoms with Crippen LogP contribution in [0.1, 0.15) is 39.6 Å². The number of amides is 1. The van der Waals surface area contributed by atoms with Crippen LogP contribution in [0, 0.1) is 13.8 Å². The van der Waals surface area contributed by atoms with Crippen molar-refractivity contribution in [2.24, 2.45) is 0 Å². The Morgan fingerprint density at radius 1 is 1.53 bits per heavy atom. The molecule has 1 heterocycles. The van der Waals surface area contributed by atoms with Crippen LogP contribution in [0.15, 0.2) is 0 Å². The van der Waals surface area contributed by atoms with Gasteiger partial charge in [0.15, 0.2) is 0 Å². The largest absolute Gasteiger partial charge is 0.334 e. The van der Waals surface area contributed by atoms with Gasteiger partial charge in [0.2, 0.25) is 0 Å². The van der Waals surface area contributed by atoms with E-state index in [9.17, 15) is 4.79 Å². The molecule has 0 aliphatic heterocycles. The van der Waals surface area contributed by atoms with Crippen molar-refractivity contribution in [2.45, 2.75) is 39.2 Å². The van der Waals surface area contributed by atoms with Gasteiger partial charge < -0.3 is 4.90 Å². The highest BCUT2D eigenvalue weighted by atomic mass is 35.5. The number of carbonyl (C=O) groups excluding carboxylic acids is 1. The lowest BCUT2D eigenvalue weighted by Crippen LogP contribution is -2.45. The molecule has 1 saturated carbocycles. The Balaban J connectivity index is 2.17. The molecule has 1 aliphatic carbocycles. The van der Waals surface area contributed by atoms with Crippen molar-refractivity contribution in [1.82, 2.24) is 9.88 Å². The lowest BCUT2D eigenvalue weighted by Gasteiger charge is -2.37. The number of alkyl halides is 1. The Morgan fingerprint density at radius 3 is 2.65 bits per heavy atom. The van der Waals surface area contributed by atoms with Crippen LogP contribution in [0.5, 0.6) is 0 Å². The van der Waals surface area contributed by atoms with Crippen molar-refractivity contribution in [3.63, 3.8) is 0 Å². The van der Waals surface area contributed by atoms with E-state index in [0.29, 0.717) is 18.5 Å². The molecule has 1 amide bonds. The van der Waals surface area contributed by atoms with Crippen LogP contribution in [0.4, 0.5) is 0 Å². The molecule has 5 heteroatoms. The summed E-state index contributed by atoms with van der Waals surface area (Å²) in [5.74, 6) is 0.609. The smallest absolute Gasteiger partial charge is 0.266 e. The van der Waals surface area contributed by atoms with E-state index in [2.05, 4.69) is 4.98 Å². The molecule has 0 bridgehead atoms. The summed E-state index contributed by atoms with van der Waals surface area (Å²) >= 11 is 7.28. The van der Waals surface area contributed by atoms with Gasteiger partial charge in [-0.25, -0.2) is 4.98 Å². The number of aryl methyl sites for hydroxylation is 2. The number of halogens is 1. The molecule has 1 fully saturated rings. The van der Waals surface area contributed by atoms with Gasteiger partial charge in [0.1, 0.15) is 4.88 Å². The fourth-order valence-electron chi connectivity index (χ4n) is 2.10. The predicted octanol–water partition coefficient (Wildman–Crippen LogP) is 2.99. The summed E-state index contributed by atoms with van der Waals surface area (Å²) < 4.78 is 0. The fourth-order valence-corrected chi connectivity index (χ4v) is 3.16. The van der Waals surface area contributed by atoms with Gasteiger partial charge in [0, 0.05) is 18.5 Å². The summed E-state index contributed by atoms with van der Waals surface area (Å²) in [7, 11) is 0. The molecule has 0 radical (unpaired) electrons. The first kappa shape index (κ1) is 12.8. The normalized spacial score (nSPS) is 15.7. The van der Waals surface area contributed by atoms with Crippen LogP contribution in [0.3, 0.4) is 0 Å². The molecular weight excluding hydrogens is 256 g/mol. The second kappa shape index (κ2) is 5.36. The SMILES string of the molecule is Cc1nc(C)c(C(=O)N(CCCl)C2CCC2)s1. The number of thiazole rings is 1. The zero-order valence-corrected chi connectivity index (χ0v) is 11.8. The highest BCUT2D eigenvalue weighted by molar-refractivity contribution is 7.13. The van der Waals surface area contributed by atoms with Crippen molar-refractivity contribution in [1.29, 1.82) is 0 Å². The Bertz CT molecular complexity index is 415. The molecule has 0 spiro atoms. The first-order chi connectivity index (χ1) is 8.13. The number of carbonyl (C=O) groups is 1. The highest BCUT2D eigenvalue weighted by Crippen LogP contribution is 2.28. The summed E-state index contributed by atoms with van der Waals surface area (Å²) in [5, 5.41) is 0.949. The maximum atomic E-state index is 12.4. The van der Waals surface area contributed by atoms with Crippen LogP contribution >= 0.6 is 22.9 Å². The zero-order valence-electron chi connectivity index (χ0n) is 10.2. The van der Waals surface area contributed by atoms with Gasteiger partial charge in [0.05, 0.1) is 10.7 Å². The van der Waals surface area contributed by atoms with E-state index in [1.807, 2.05) is 18.7 Å². The van der Waals surface area contributed by atoms with E-state index in [1.165, 1.54) is 17.8 Å². The van der Waals surface area contributed by atoms with E-state index in [0.717, 1.165) is 28.4 Å². The molecule has 1 aliphatic rings. The van der Waals surface area contributed by atoms with Gasteiger partial charge in [-0.3, -0.25) is 4.79 Å². The van der Waals surface area contributed by atoms with Crippen LogP contribution in [0.2, 0.25) is 0 Å². The standard InChI is InChI=1S/C12H17ClN2OS/c1-8-11(17-9(2)14-8)12(16)15(7-6-13)10-4-3-5-10/h10H,3-7H2,1-2H3. The van der Waals surface area contributed by atoms with E-state index < -0.39 is 0 Å². The number of hydrogen-bond donors (Lipinski definition) is 0. The minimum absolute atomic E-state index is 0.110. The first-order valence-corrected chi connectivity index (χ1v) is 7.29. The van der Waals surface area contributed by atoms with Crippen molar-refractivity contribution < 1.29 is 4.79 Å². The lowest BCUT2D eigenvalue weighted by atomic mass is 9.91. The van der Waals surface area contributed by atoms with Gasteiger partial charge in [-0.1, -0.05) is 0 Å². The fraction of sp³-hybridized carbons (Fsp3) is 0.667. The summed E-state index contributed by atoms with van der Waals surface area (Å²) in [6.07, 6.45) is 3.44. The van der Waals surface area contributed by atoms with Gasteiger partial charge in [-0.15, -0.1) is 22.9 Å². The van der Waals surface area contributed by atoms with Crippen molar-refractivity contribution in [3.8, 4) is 0 Å². The van der Waals surface area contributed by atoms with Crippen LogP contribution in [0.25, 0.3) is 0 Å². The minimum Gasteiger partial charge on any atom is -0.334 e. The summed E-state index contributed by atoms with van der Waals surface area (Å²) in [6, 6.07) is 0.392. The van der Waals surface area contributed by atoms with E-state index in [4.69, 9.17) is 11.6 Å². The van der Waals surface area contributed by atoms with E-state index >= 15 is 0 Å². The molecule has 0 unspecified atom stereocenters. The van der Waals surface area contributed by atoms with Crippen molar-refractivity contribution in [3.05, 3.63) is 15.6 Å². The quantitative estimate of drug-likeness (QED) is 0.790. The Labute approximate surface area is 111 Å². The maximum Gasteiger partial charge on any atom is 0.266 e. The van der Waals surface area contributed by atoms with Crippen molar-refractivity contribution >= 4 is 28.8 Å². The molecule has 2 rings (SSSR count). The number of aromatic nitrogens is 1. The monoisotopic (exact) mass is 272 g/mol. The van der Waals surface area contributed by atoms with Crippen LogP contribution in [-0.4, -0.2) is 34.3 Å². The molecular formula is C12H17ClN2OS. The Kier molecular flexibility index (Phi) is 4.05. The molecule has 0 atom stereocenters. The lowest BCUT2D eigenvalue weighted by molar-refractivity contribution is 0.0602. The third-order valence-electron chi connectivity index (χ3n) is 3.20. The average Bonchev–Trinajstić information content (AvgIpc) is 2.53. The van der Waals surface area contributed by atoms with Gasteiger partial charge in [-0.05, 0) is 33.1 Å². The number of rotatable bonds is 4. The third-order valence-corrected chi connectivity index (χ3v) is 4.43. The topological polar surface area (TPSA) is 33.2 Å². The zero-order chi connectivity index (χ0) is 12.4. The third kappa shape index (κ3) is 2.63. The summed E-state index contributed by atoms with van der Waals surface area (Å²) in [4.78, 5) is 19.5. The molecule has 94 valence electrons. The van der Waals surface area contributed by atoms with Gasteiger partial charge in [-0.2, -0.15) is 0 Å². The Hall–Kier alpha value is -0.610. The molecule has 1 aromatic heterocycles. The van der Waals surface area contributed by atoms with Crippen molar-refractivity contribution in [2.75, 3.05) is 12.4 Å². The Morgan fingerprint density at radius 2 is 2.24 bits per heavy atom. The van der Waals surface area contributed by atoms with Crippen LogP contribution in [-0.2, 0) is 0 Å². The second-order valence-electron chi connectivity index (χ2n) is 4.42. The minimum atomic E-state index is 0.110. The molecule has 17 heavy (non-hydrogen) atoms. The highest BCUT2D eigenvalue weighted by Gasteiger charge is 2.30. The van der Waals surface area contributed by atoms with Gasteiger partial charge in [0.25, 0.3) is 5.91 Å². The second-order valence-corrected chi connectivity index (χ2v) is 6.00. The first-order valence-electron chi connectivity index (χ1n) is 5.94. The predicted molar refractivity (Wildman–Crippen MR) is 71.0 cm³/mol. The van der Waals surface area contributed by atoms with E-state index in [1.54, 1.807) is 0 Å². The maximum absolute atomic E-state index is 12.4. The number of hydrogen-bond acceptors (Lipinski definition) is 3. The van der Waals surface area contributed by atoms with E-state index in [-0.39, 0.29) is 5.91 Å². The van der Waals surface area contributed by atoms with Crippen LogP contribution < -0.4 is 0 Å². The van der Waals surface area contributed by atoms with Gasteiger partial charge >= 0.3 is 0 Å². The molecule has 0 aromatic carbocycles. The summed E-state index contributed by atoms with van der Waals surface area (Å²) in [6.45, 7) is 4.47. The molecule has 3 nitrogen and oxygen atoms in total.